The van der Waals surface area contributed by atoms with E-state index < -0.39 is 0 Å². The van der Waals surface area contributed by atoms with Crippen molar-refractivity contribution in [1.82, 2.24) is 4.90 Å². The maximum atomic E-state index is 8.62. The van der Waals surface area contributed by atoms with Gasteiger partial charge in [-0.05, 0) is 38.3 Å². The van der Waals surface area contributed by atoms with Gasteiger partial charge in [-0.15, -0.1) is 0 Å². The van der Waals surface area contributed by atoms with Gasteiger partial charge in [-0.2, -0.15) is 5.26 Å². The highest BCUT2D eigenvalue weighted by atomic mass is 15.1. The lowest BCUT2D eigenvalue weighted by molar-refractivity contribution is 0.265. The fourth-order valence-electron chi connectivity index (χ4n) is 1.77. The van der Waals surface area contributed by atoms with Crippen molar-refractivity contribution >= 4 is 0 Å². The summed E-state index contributed by atoms with van der Waals surface area (Å²) in [6.45, 7) is 4.47. The second-order valence-corrected chi connectivity index (χ2v) is 4.07. The fourth-order valence-corrected chi connectivity index (χ4v) is 1.77. The van der Waals surface area contributed by atoms with Crippen molar-refractivity contribution in [3.05, 3.63) is 0 Å². The first kappa shape index (κ1) is 9.54. The summed E-state index contributed by atoms with van der Waals surface area (Å²) < 4.78 is 0. The Balaban J connectivity index is 2.26. The van der Waals surface area contributed by atoms with Gasteiger partial charge >= 0.3 is 0 Å². The van der Waals surface area contributed by atoms with Crippen LogP contribution >= 0.6 is 0 Å². The molecule has 0 bridgehead atoms. The van der Waals surface area contributed by atoms with Crippen molar-refractivity contribution in [3.63, 3.8) is 0 Å². The van der Waals surface area contributed by atoms with Crippen molar-refractivity contribution in [2.24, 2.45) is 5.41 Å². The van der Waals surface area contributed by atoms with Gasteiger partial charge in [0.2, 0.25) is 0 Å². The number of nitriles is 1. The first-order valence-corrected chi connectivity index (χ1v) is 4.78. The molecule has 0 aromatic carbocycles. The quantitative estimate of drug-likeness (QED) is 0.624. The summed E-state index contributed by atoms with van der Waals surface area (Å²) in [6, 6.07) is 2.29. The molecule has 0 radical (unpaired) electrons. The molecule has 0 N–H and O–H groups in total. The van der Waals surface area contributed by atoms with Crippen molar-refractivity contribution in [1.29, 1.82) is 5.26 Å². The highest BCUT2D eigenvalue weighted by Crippen LogP contribution is 2.48. The van der Waals surface area contributed by atoms with Crippen LogP contribution in [-0.2, 0) is 0 Å². The Labute approximate surface area is 75.2 Å². The van der Waals surface area contributed by atoms with Crippen LogP contribution in [0.4, 0.5) is 0 Å². The molecule has 0 unspecified atom stereocenters. The van der Waals surface area contributed by atoms with Crippen LogP contribution in [-0.4, -0.2) is 25.0 Å². The maximum absolute atomic E-state index is 8.62. The summed E-state index contributed by atoms with van der Waals surface area (Å²) in [7, 11) is 2.15. The van der Waals surface area contributed by atoms with E-state index >= 15 is 0 Å². The number of rotatable bonds is 5. The molecule has 12 heavy (non-hydrogen) atoms. The molecule has 0 aromatic rings. The average molecular weight is 166 g/mol. The van der Waals surface area contributed by atoms with Crippen LogP contribution in [0.5, 0.6) is 0 Å². The van der Waals surface area contributed by atoms with E-state index in [4.69, 9.17) is 5.26 Å². The lowest BCUT2D eigenvalue weighted by Gasteiger charge is -2.20. The van der Waals surface area contributed by atoms with E-state index in [1.165, 1.54) is 19.3 Å². The number of hydrogen-bond acceptors (Lipinski definition) is 2. The van der Waals surface area contributed by atoms with Crippen molar-refractivity contribution in [2.45, 2.75) is 32.6 Å². The van der Waals surface area contributed by atoms with Crippen LogP contribution in [0, 0.1) is 16.7 Å². The number of hydrogen-bond donors (Lipinski definition) is 0. The molecule has 1 fully saturated rings. The molecule has 0 aliphatic heterocycles. The molecule has 0 aromatic heterocycles. The molecule has 1 aliphatic carbocycles. The van der Waals surface area contributed by atoms with Gasteiger partial charge in [-0.1, -0.05) is 6.92 Å². The second-order valence-electron chi connectivity index (χ2n) is 4.07. The molecule has 1 saturated carbocycles. The topological polar surface area (TPSA) is 27.0 Å². The monoisotopic (exact) mass is 166 g/mol. The van der Waals surface area contributed by atoms with Crippen molar-refractivity contribution in [2.75, 3.05) is 20.1 Å². The number of nitrogens with zero attached hydrogens (tertiary/aromatic N) is 2. The molecule has 0 spiro atoms. The molecular weight excluding hydrogens is 148 g/mol. The van der Waals surface area contributed by atoms with Crippen molar-refractivity contribution in [3.8, 4) is 6.07 Å². The zero-order chi connectivity index (χ0) is 9.03. The zero-order valence-electron chi connectivity index (χ0n) is 8.14. The minimum Gasteiger partial charge on any atom is -0.306 e. The van der Waals surface area contributed by atoms with Gasteiger partial charge in [0, 0.05) is 13.0 Å². The van der Waals surface area contributed by atoms with E-state index in [9.17, 15) is 0 Å². The minimum atomic E-state index is 0.388. The van der Waals surface area contributed by atoms with Gasteiger partial charge in [0.25, 0.3) is 0 Å². The Hall–Kier alpha value is -0.550. The molecule has 68 valence electrons. The zero-order valence-corrected chi connectivity index (χ0v) is 8.14. The van der Waals surface area contributed by atoms with Crippen LogP contribution in [0.25, 0.3) is 0 Å². The van der Waals surface area contributed by atoms with Crippen molar-refractivity contribution < 1.29 is 0 Å². The Kier molecular flexibility index (Phi) is 3.11. The van der Waals surface area contributed by atoms with E-state index in [0.29, 0.717) is 5.41 Å². The highest BCUT2D eigenvalue weighted by molar-refractivity contribution is 5.00. The first-order valence-electron chi connectivity index (χ1n) is 4.78. The third-order valence-electron chi connectivity index (χ3n) is 2.62. The Morgan fingerprint density at radius 1 is 1.50 bits per heavy atom. The summed E-state index contributed by atoms with van der Waals surface area (Å²) in [5, 5.41) is 8.62. The van der Waals surface area contributed by atoms with Gasteiger partial charge in [0.05, 0.1) is 6.07 Å². The van der Waals surface area contributed by atoms with E-state index in [-0.39, 0.29) is 0 Å². The third-order valence-corrected chi connectivity index (χ3v) is 2.62. The lowest BCUT2D eigenvalue weighted by atomic mass is 10.0. The van der Waals surface area contributed by atoms with Crippen LogP contribution in [0.1, 0.15) is 32.6 Å². The smallest absolute Gasteiger partial charge is 0.0628 e. The van der Waals surface area contributed by atoms with E-state index in [0.717, 1.165) is 19.5 Å². The molecule has 0 atom stereocenters. The lowest BCUT2D eigenvalue weighted by Crippen LogP contribution is -2.27. The summed E-state index contributed by atoms with van der Waals surface area (Å²) in [4.78, 5) is 2.35. The maximum Gasteiger partial charge on any atom is 0.0628 e. The molecule has 2 heteroatoms. The van der Waals surface area contributed by atoms with Gasteiger partial charge in [0.15, 0.2) is 0 Å². The average Bonchev–Trinajstić information content (AvgIpc) is 2.70. The molecular formula is C10H18N2. The predicted molar refractivity (Wildman–Crippen MR) is 49.7 cm³/mol. The fraction of sp³-hybridized carbons (Fsp3) is 0.900. The predicted octanol–water partition coefficient (Wildman–Crippen LogP) is 2.02. The second kappa shape index (κ2) is 3.91. The largest absolute Gasteiger partial charge is 0.306 e. The summed E-state index contributed by atoms with van der Waals surface area (Å²) in [6.07, 6.45) is 4.48. The molecule has 0 amide bonds. The first-order chi connectivity index (χ1) is 5.72. The Morgan fingerprint density at radius 3 is 2.58 bits per heavy atom. The standard InChI is InChI=1S/C10H18N2/c1-3-8-12(2)9-10(4-5-10)6-7-11/h3-6,8-9H2,1-2H3. The van der Waals surface area contributed by atoms with Gasteiger partial charge < -0.3 is 4.90 Å². The summed E-state index contributed by atoms with van der Waals surface area (Å²) >= 11 is 0. The molecule has 1 rings (SSSR count). The van der Waals surface area contributed by atoms with Crippen LogP contribution in [0.15, 0.2) is 0 Å². The summed E-state index contributed by atoms with van der Waals surface area (Å²) in [5.41, 5.74) is 0.388. The normalized spacial score (nSPS) is 19.2. The van der Waals surface area contributed by atoms with Crippen LogP contribution < -0.4 is 0 Å². The van der Waals surface area contributed by atoms with Gasteiger partial charge in [0.1, 0.15) is 0 Å². The van der Waals surface area contributed by atoms with E-state index in [2.05, 4.69) is 24.9 Å². The molecule has 1 aliphatic rings. The SMILES string of the molecule is CCCN(C)CC1(CC#N)CC1. The van der Waals surface area contributed by atoms with Gasteiger partial charge in [-0.3, -0.25) is 0 Å². The highest BCUT2D eigenvalue weighted by Gasteiger charge is 2.42. The molecule has 2 nitrogen and oxygen atoms in total. The van der Waals surface area contributed by atoms with Gasteiger partial charge in [-0.25, -0.2) is 0 Å². The summed E-state index contributed by atoms with van der Waals surface area (Å²) in [5.74, 6) is 0. The Morgan fingerprint density at radius 2 is 2.17 bits per heavy atom. The third kappa shape index (κ3) is 2.49. The van der Waals surface area contributed by atoms with E-state index in [1.807, 2.05) is 0 Å². The van der Waals surface area contributed by atoms with Crippen LogP contribution in [0.3, 0.4) is 0 Å². The molecule has 0 saturated heterocycles. The van der Waals surface area contributed by atoms with Crippen LogP contribution in [0.2, 0.25) is 0 Å². The van der Waals surface area contributed by atoms with E-state index in [1.54, 1.807) is 0 Å². The Bertz CT molecular complexity index is 177. The molecule has 0 heterocycles. The minimum absolute atomic E-state index is 0.388.